The molecule has 0 aromatic carbocycles. The smallest absolute Gasteiger partial charge is 0.303 e. The topological polar surface area (TPSA) is 40.5 Å². The summed E-state index contributed by atoms with van der Waals surface area (Å²) in [5.41, 5.74) is 0.517. The van der Waals surface area contributed by atoms with E-state index in [1.54, 1.807) is 0 Å². The Balaban J connectivity index is 2.32. The molecule has 0 spiro atoms. The minimum absolute atomic E-state index is 0.294. The van der Waals surface area contributed by atoms with Gasteiger partial charge in [0.15, 0.2) is 0 Å². The molecule has 1 unspecified atom stereocenters. The SMILES string of the molecule is CCC1(C)CCN(C(C)CCC(=O)O)CC1. The minimum atomic E-state index is -0.678. The first-order chi connectivity index (χ1) is 7.47. The first kappa shape index (κ1) is 13.5. The van der Waals surface area contributed by atoms with Crippen LogP contribution >= 0.6 is 0 Å². The van der Waals surface area contributed by atoms with E-state index in [1.807, 2.05) is 0 Å². The van der Waals surface area contributed by atoms with Crippen LogP contribution in [-0.4, -0.2) is 35.1 Å². The number of rotatable bonds is 5. The molecule has 1 rings (SSSR count). The average molecular weight is 227 g/mol. The van der Waals surface area contributed by atoms with Gasteiger partial charge in [0.1, 0.15) is 0 Å². The van der Waals surface area contributed by atoms with E-state index in [0.29, 0.717) is 17.9 Å². The minimum Gasteiger partial charge on any atom is -0.481 e. The second-order valence-corrected chi connectivity index (χ2v) is 5.48. The Bertz CT molecular complexity index is 232. The summed E-state index contributed by atoms with van der Waals surface area (Å²) in [5, 5.41) is 8.66. The van der Waals surface area contributed by atoms with Crippen LogP contribution in [0.5, 0.6) is 0 Å². The summed E-state index contributed by atoms with van der Waals surface area (Å²) in [6.07, 6.45) is 4.83. The van der Waals surface area contributed by atoms with Crippen LogP contribution in [0.3, 0.4) is 0 Å². The summed E-state index contributed by atoms with van der Waals surface area (Å²) in [7, 11) is 0. The molecule has 0 saturated carbocycles. The van der Waals surface area contributed by atoms with Crippen LogP contribution in [0.2, 0.25) is 0 Å². The Kier molecular flexibility index (Phi) is 4.78. The highest BCUT2D eigenvalue weighted by Crippen LogP contribution is 2.34. The second kappa shape index (κ2) is 5.67. The quantitative estimate of drug-likeness (QED) is 0.785. The lowest BCUT2D eigenvalue weighted by Crippen LogP contribution is -2.43. The number of hydrogen-bond donors (Lipinski definition) is 1. The van der Waals surface area contributed by atoms with Crippen molar-refractivity contribution in [1.29, 1.82) is 0 Å². The van der Waals surface area contributed by atoms with Crippen LogP contribution in [-0.2, 0) is 4.79 Å². The molecule has 1 aliphatic rings. The molecule has 16 heavy (non-hydrogen) atoms. The van der Waals surface area contributed by atoms with Crippen molar-refractivity contribution in [2.75, 3.05) is 13.1 Å². The van der Waals surface area contributed by atoms with E-state index in [9.17, 15) is 4.79 Å². The predicted molar refractivity (Wildman–Crippen MR) is 65.5 cm³/mol. The first-order valence-corrected chi connectivity index (χ1v) is 6.43. The number of likely N-dealkylation sites (tertiary alicyclic amines) is 1. The Morgan fingerprint density at radius 2 is 2.00 bits per heavy atom. The molecule has 1 saturated heterocycles. The normalized spacial score (nSPS) is 22.9. The number of nitrogens with zero attached hydrogens (tertiary/aromatic N) is 1. The fourth-order valence-corrected chi connectivity index (χ4v) is 2.37. The molecule has 3 nitrogen and oxygen atoms in total. The lowest BCUT2D eigenvalue weighted by Gasteiger charge is -2.41. The van der Waals surface area contributed by atoms with Crippen molar-refractivity contribution in [3.05, 3.63) is 0 Å². The van der Waals surface area contributed by atoms with Gasteiger partial charge >= 0.3 is 5.97 Å². The molecular weight excluding hydrogens is 202 g/mol. The number of carboxylic acid groups (broad SMARTS) is 1. The third-order valence-electron chi connectivity index (χ3n) is 4.26. The van der Waals surface area contributed by atoms with Crippen molar-refractivity contribution in [2.24, 2.45) is 5.41 Å². The van der Waals surface area contributed by atoms with Crippen molar-refractivity contribution >= 4 is 5.97 Å². The molecule has 3 heteroatoms. The maximum atomic E-state index is 10.5. The van der Waals surface area contributed by atoms with Gasteiger partial charge in [-0.25, -0.2) is 0 Å². The van der Waals surface area contributed by atoms with Gasteiger partial charge in [-0.15, -0.1) is 0 Å². The van der Waals surface area contributed by atoms with Gasteiger partial charge in [0, 0.05) is 12.5 Å². The van der Waals surface area contributed by atoms with Gasteiger partial charge in [-0.3, -0.25) is 4.79 Å². The monoisotopic (exact) mass is 227 g/mol. The summed E-state index contributed by atoms with van der Waals surface area (Å²) in [6, 6.07) is 0.414. The first-order valence-electron chi connectivity index (χ1n) is 6.43. The molecule has 0 amide bonds. The summed E-state index contributed by atoms with van der Waals surface area (Å²) in [4.78, 5) is 13.0. The molecule has 1 fully saturated rings. The predicted octanol–water partition coefficient (Wildman–Crippen LogP) is 2.75. The van der Waals surface area contributed by atoms with Crippen molar-refractivity contribution in [1.82, 2.24) is 4.90 Å². The van der Waals surface area contributed by atoms with Gasteiger partial charge in [-0.05, 0) is 44.7 Å². The summed E-state index contributed by atoms with van der Waals surface area (Å²) < 4.78 is 0. The highest BCUT2D eigenvalue weighted by molar-refractivity contribution is 5.66. The van der Waals surface area contributed by atoms with E-state index in [2.05, 4.69) is 25.7 Å². The molecule has 1 atom stereocenters. The van der Waals surface area contributed by atoms with Gasteiger partial charge < -0.3 is 10.0 Å². The Morgan fingerprint density at radius 3 is 2.44 bits per heavy atom. The fraction of sp³-hybridized carbons (Fsp3) is 0.923. The lowest BCUT2D eigenvalue weighted by atomic mass is 9.78. The summed E-state index contributed by atoms with van der Waals surface area (Å²) >= 11 is 0. The maximum absolute atomic E-state index is 10.5. The van der Waals surface area contributed by atoms with Gasteiger partial charge in [-0.1, -0.05) is 20.3 Å². The van der Waals surface area contributed by atoms with E-state index in [-0.39, 0.29) is 0 Å². The van der Waals surface area contributed by atoms with E-state index in [0.717, 1.165) is 19.5 Å². The molecule has 1 heterocycles. The molecular formula is C13H25NO2. The summed E-state index contributed by atoms with van der Waals surface area (Å²) in [6.45, 7) is 9.05. The van der Waals surface area contributed by atoms with Gasteiger partial charge in [0.2, 0.25) is 0 Å². The van der Waals surface area contributed by atoms with Crippen molar-refractivity contribution in [2.45, 2.75) is 58.9 Å². The number of carboxylic acids is 1. The lowest BCUT2D eigenvalue weighted by molar-refractivity contribution is -0.137. The number of hydrogen-bond acceptors (Lipinski definition) is 2. The Morgan fingerprint density at radius 1 is 1.44 bits per heavy atom. The molecule has 0 aromatic heterocycles. The Hall–Kier alpha value is -0.570. The van der Waals surface area contributed by atoms with Gasteiger partial charge in [0.05, 0.1) is 0 Å². The zero-order chi connectivity index (χ0) is 12.2. The van der Waals surface area contributed by atoms with E-state index >= 15 is 0 Å². The highest BCUT2D eigenvalue weighted by Gasteiger charge is 2.29. The number of carbonyl (C=O) groups is 1. The number of aliphatic carboxylic acids is 1. The fourth-order valence-electron chi connectivity index (χ4n) is 2.37. The van der Waals surface area contributed by atoms with E-state index in [1.165, 1.54) is 19.3 Å². The third-order valence-corrected chi connectivity index (χ3v) is 4.26. The summed E-state index contributed by atoms with van der Waals surface area (Å²) in [5.74, 6) is -0.678. The van der Waals surface area contributed by atoms with Crippen LogP contribution in [0.4, 0.5) is 0 Å². The van der Waals surface area contributed by atoms with Crippen LogP contribution < -0.4 is 0 Å². The Labute approximate surface area is 98.8 Å². The standard InChI is InChI=1S/C13H25NO2/c1-4-13(3)7-9-14(10-8-13)11(2)5-6-12(15)16/h11H,4-10H2,1-3H3,(H,15,16). The zero-order valence-electron chi connectivity index (χ0n) is 10.8. The van der Waals surface area contributed by atoms with Crippen LogP contribution in [0.25, 0.3) is 0 Å². The van der Waals surface area contributed by atoms with Gasteiger partial charge in [-0.2, -0.15) is 0 Å². The van der Waals surface area contributed by atoms with Crippen molar-refractivity contribution < 1.29 is 9.90 Å². The molecule has 1 N–H and O–H groups in total. The molecule has 1 aliphatic heterocycles. The van der Waals surface area contributed by atoms with Crippen LogP contribution in [0, 0.1) is 5.41 Å². The van der Waals surface area contributed by atoms with Crippen molar-refractivity contribution in [3.8, 4) is 0 Å². The second-order valence-electron chi connectivity index (χ2n) is 5.48. The molecule has 0 aliphatic carbocycles. The average Bonchev–Trinajstić information content (AvgIpc) is 2.27. The van der Waals surface area contributed by atoms with Crippen LogP contribution in [0.15, 0.2) is 0 Å². The molecule has 0 aromatic rings. The number of piperidine rings is 1. The third kappa shape index (κ3) is 3.78. The van der Waals surface area contributed by atoms with Crippen LogP contribution in [0.1, 0.15) is 52.9 Å². The van der Waals surface area contributed by atoms with E-state index < -0.39 is 5.97 Å². The zero-order valence-corrected chi connectivity index (χ0v) is 10.8. The van der Waals surface area contributed by atoms with Gasteiger partial charge in [0.25, 0.3) is 0 Å². The highest BCUT2D eigenvalue weighted by atomic mass is 16.4. The van der Waals surface area contributed by atoms with E-state index in [4.69, 9.17) is 5.11 Å². The molecule has 0 radical (unpaired) electrons. The maximum Gasteiger partial charge on any atom is 0.303 e. The largest absolute Gasteiger partial charge is 0.481 e. The van der Waals surface area contributed by atoms with Crippen molar-refractivity contribution in [3.63, 3.8) is 0 Å². The molecule has 94 valence electrons. The molecule has 0 bridgehead atoms.